The Balaban J connectivity index is 1.74. The third kappa shape index (κ3) is 4.92. The first-order valence-electron chi connectivity index (χ1n) is 13.8. The van der Waals surface area contributed by atoms with Crippen molar-refractivity contribution in [2.24, 2.45) is 11.8 Å². The molecule has 38 heavy (non-hydrogen) atoms. The van der Waals surface area contributed by atoms with Crippen LogP contribution in [0.2, 0.25) is 0 Å². The number of ether oxygens (including phenoxy) is 2. The van der Waals surface area contributed by atoms with Gasteiger partial charge in [0, 0.05) is 13.1 Å². The van der Waals surface area contributed by atoms with Gasteiger partial charge < -0.3 is 24.4 Å². The fraction of sp³-hybridized carbons (Fsp3) is 0.567. The van der Waals surface area contributed by atoms with E-state index in [1.165, 1.54) is 4.90 Å². The van der Waals surface area contributed by atoms with Crippen molar-refractivity contribution in [1.82, 2.24) is 9.80 Å². The molecule has 8 nitrogen and oxygen atoms in total. The number of allylic oxidation sites excluding steroid dienone is 1. The van der Waals surface area contributed by atoms with Crippen molar-refractivity contribution >= 4 is 17.8 Å². The molecule has 0 aromatic heterocycles. The van der Waals surface area contributed by atoms with E-state index >= 15 is 0 Å². The highest BCUT2D eigenvalue weighted by atomic mass is 16.6. The molecule has 3 heterocycles. The Morgan fingerprint density at radius 1 is 1.26 bits per heavy atom. The Labute approximate surface area is 225 Å². The minimum atomic E-state index is -1.14. The first-order valence-corrected chi connectivity index (χ1v) is 13.8. The largest absolute Gasteiger partial charge is 0.465 e. The number of benzene rings is 1. The van der Waals surface area contributed by atoms with Crippen molar-refractivity contribution in [2.75, 3.05) is 26.3 Å². The van der Waals surface area contributed by atoms with Crippen molar-refractivity contribution in [1.29, 1.82) is 0 Å². The van der Waals surface area contributed by atoms with E-state index in [9.17, 15) is 19.5 Å². The van der Waals surface area contributed by atoms with Gasteiger partial charge in [-0.1, -0.05) is 55.8 Å². The molecule has 3 aliphatic heterocycles. The van der Waals surface area contributed by atoms with Gasteiger partial charge >= 0.3 is 5.97 Å². The molecule has 3 aliphatic rings. The number of amides is 2. The SMILES string of the molecule is C=CCCCOC(=O)[C@@H]1[C@@H]2CCC3(O2)C(C(=O)N(CC=C)CCCC)N([C@H](CO)c2ccccc2)C(=O)[C@H]13. The van der Waals surface area contributed by atoms with Crippen LogP contribution < -0.4 is 0 Å². The number of nitrogens with zero attached hydrogens (tertiary/aromatic N) is 2. The second kappa shape index (κ2) is 12.3. The summed E-state index contributed by atoms with van der Waals surface area (Å²) in [5, 5.41) is 10.5. The van der Waals surface area contributed by atoms with Crippen molar-refractivity contribution < 1.29 is 29.0 Å². The van der Waals surface area contributed by atoms with Crippen molar-refractivity contribution in [2.45, 2.75) is 69.2 Å². The van der Waals surface area contributed by atoms with Gasteiger partial charge in [-0.2, -0.15) is 0 Å². The van der Waals surface area contributed by atoms with E-state index < -0.39 is 41.6 Å². The van der Waals surface area contributed by atoms with Crippen LogP contribution in [0.15, 0.2) is 55.6 Å². The summed E-state index contributed by atoms with van der Waals surface area (Å²) in [4.78, 5) is 45.1. The van der Waals surface area contributed by atoms with E-state index in [1.54, 1.807) is 17.1 Å². The minimum absolute atomic E-state index is 0.232. The molecule has 206 valence electrons. The van der Waals surface area contributed by atoms with Crippen LogP contribution in [0.4, 0.5) is 0 Å². The van der Waals surface area contributed by atoms with E-state index in [-0.39, 0.29) is 25.0 Å². The summed E-state index contributed by atoms with van der Waals surface area (Å²) in [6, 6.07) is 7.50. The summed E-state index contributed by atoms with van der Waals surface area (Å²) >= 11 is 0. The second-order valence-electron chi connectivity index (χ2n) is 10.4. The highest BCUT2D eigenvalue weighted by molar-refractivity contribution is 5.98. The minimum Gasteiger partial charge on any atom is -0.465 e. The van der Waals surface area contributed by atoms with Gasteiger partial charge in [-0.05, 0) is 37.7 Å². The monoisotopic (exact) mass is 524 g/mol. The third-order valence-electron chi connectivity index (χ3n) is 8.18. The molecule has 2 bridgehead atoms. The fourth-order valence-corrected chi connectivity index (χ4v) is 6.47. The summed E-state index contributed by atoms with van der Waals surface area (Å²) in [7, 11) is 0. The predicted octanol–water partition coefficient (Wildman–Crippen LogP) is 3.42. The van der Waals surface area contributed by atoms with Crippen LogP contribution in [0.1, 0.15) is 57.1 Å². The van der Waals surface area contributed by atoms with Crippen LogP contribution in [0, 0.1) is 11.8 Å². The Kier molecular flexibility index (Phi) is 9.05. The number of aliphatic hydroxyl groups is 1. The molecule has 2 amide bonds. The maximum atomic E-state index is 14.3. The normalized spacial score (nSPS) is 28.2. The average molecular weight is 525 g/mol. The average Bonchev–Trinajstić information content (AvgIpc) is 3.57. The first kappa shape index (κ1) is 28.0. The number of likely N-dealkylation sites (tertiary alicyclic amines) is 1. The lowest BCUT2D eigenvalue weighted by Crippen LogP contribution is -2.57. The molecular weight excluding hydrogens is 484 g/mol. The summed E-state index contributed by atoms with van der Waals surface area (Å²) in [5.74, 6) is -2.64. The number of hydrogen-bond acceptors (Lipinski definition) is 6. The fourth-order valence-electron chi connectivity index (χ4n) is 6.47. The van der Waals surface area contributed by atoms with Gasteiger partial charge in [-0.3, -0.25) is 14.4 Å². The van der Waals surface area contributed by atoms with Crippen LogP contribution >= 0.6 is 0 Å². The molecule has 1 spiro atoms. The van der Waals surface area contributed by atoms with E-state index in [0.717, 1.165) is 24.8 Å². The highest BCUT2D eigenvalue weighted by Gasteiger charge is 2.75. The number of aliphatic hydroxyl groups excluding tert-OH is 1. The number of esters is 1. The number of rotatable bonds is 14. The topological polar surface area (TPSA) is 96.4 Å². The molecule has 8 heteroatoms. The zero-order valence-corrected chi connectivity index (χ0v) is 22.3. The maximum absolute atomic E-state index is 14.3. The first-order chi connectivity index (χ1) is 18.4. The highest BCUT2D eigenvalue weighted by Crippen LogP contribution is 2.60. The van der Waals surface area contributed by atoms with Crippen molar-refractivity contribution in [3.63, 3.8) is 0 Å². The molecule has 0 saturated carbocycles. The smallest absolute Gasteiger partial charge is 0.312 e. The molecule has 1 aromatic rings. The van der Waals surface area contributed by atoms with E-state index in [2.05, 4.69) is 20.1 Å². The maximum Gasteiger partial charge on any atom is 0.312 e. The van der Waals surface area contributed by atoms with Gasteiger partial charge in [-0.25, -0.2) is 0 Å². The van der Waals surface area contributed by atoms with Crippen LogP contribution in [-0.2, 0) is 23.9 Å². The Hall–Kier alpha value is -2.97. The summed E-state index contributed by atoms with van der Waals surface area (Å²) in [5.41, 5.74) is -0.420. The lowest BCUT2D eigenvalue weighted by Gasteiger charge is -2.39. The van der Waals surface area contributed by atoms with Crippen LogP contribution in [0.25, 0.3) is 0 Å². The summed E-state index contributed by atoms with van der Waals surface area (Å²) in [6.45, 7) is 10.3. The van der Waals surface area contributed by atoms with Crippen molar-refractivity contribution in [3.05, 3.63) is 61.2 Å². The Bertz CT molecular complexity index is 1030. The predicted molar refractivity (Wildman–Crippen MR) is 143 cm³/mol. The lowest BCUT2D eigenvalue weighted by molar-refractivity contribution is -0.156. The van der Waals surface area contributed by atoms with E-state index in [1.807, 2.05) is 30.3 Å². The zero-order valence-electron chi connectivity index (χ0n) is 22.3. The van der Waals surface area contributed by atoms with Crippen molar-refractivity contribution in [3.8, 4) is 0 Å². The number of carbonyl (C=O) groups is 3. The van der Waals surface area contributed by atoms with Gasteiger partial charge in [0.25, 0.3) is 0 Å². The molecule has 0 radical (unpaired) electrons. The molecular formula is C30H40N2O6. The third-order valence-corrected chi connectivity index (χ3v) is 8.18. The molecule has 0 aliphatic carbocycles. The number of unbranched alkanes of at least 4 members (excludes halogenated alkanes) is 2. The summed E-state index contributed by atoms with van der Waals surface area (Å²) in [6.07, 6.45) is 7.13. The molecule has 1 N–H and O–H groups in total. The van der Waals surface area contributed by atoms with Gasteiger partial charge in [0.05, 0.1) is 37.2 Å². The lowest BCUT2D eigenvalue weighted by atomic mass is 9.70. The number of carbonyl (C=O) groups excluding carboxylic acids is 3. The number of fused-ring (bicyclic) bond motifs is 1. The van der Waals surface area contributed by atoms with Crippen LogP contribution in [0.5, 0.6) is 0 Å². The van der Waals surface area contributed by atoms with Gasteiger partial charge in [0.1, 0.15) is 11.6 Å². The van der Waals surface area contributed by atoms with Gasteiger partial charge in [0.15, 0.2) is 0 Å². The molecule has 1 aromatic carbocycles. The van der Waals surface area contributed by atoms with E-state index in [0.29, 0.717) is 32.4 Å². The number of hydrogen-bond donors (Lipinski definition) is 1. The van der Waals surface area contributed by atoms with Gasteiger partial charge in [-0.15, -0.1) is 13.2 Å². The quantitative estimate of drug-likeness (QED) is 0.228. The standard InChI is InChI=1S/C30H40N2O6/c1-4-7-12-19-37-29(36)24-23-15-16-30(38-23)25(24)27(34)32(22(20-33)21-13-10-9-11-14-21)26(30)28(35)31(17-6-3)18-8-5-2/h4,6,9-11,13-14,22-26,33H,1,3,5,7-8,12,15-20H2,2H3/t22-,23+,24-,25+,26?,30?/m1/s1. The molecule has 2 unspecified atom stereocenters. The molecule has 4 rings (SSSR count). The zero-order chi connectivity index (χ0) is 27.3. The van der Waals surface area contributed by atoms with Crippen LogP contribution in [-0.4, -0.2) is 76.7 Å². The summed E-state index contributed by atoms with van der Waals surface area (Å²) < 4.78 is 12.1. The van der Waals surface area contributed by atoms with Gasteiger partial charge in [0.2, 0.25) is 11.8 Å². The second-order valence-corrected chi connectivity index (χ2v) is 10.4. The molecule has 6 atom stereocenters. The molecule has 3 saturated heterocycles. The van der Waals surface area contributed by atoms with Crippen LogP contribution in [0.3, 0.4) is 0 Å². The molecule has 3 fully saturated rings. The Morgan fingerprint density at radius 2 is 2.03 bits per heavy atom. The van der Waals surface area contributed by atoms with E-state index in [4.69, 9.17) is 9.47 Å². The Morgan fingerprint density at radius 3 is 2.68 bits per heavy atom.